The van der Waals surface area contributed by atoms with Crippen molar-refractivity contribution in [1.29, 1.82) is 0 Å². The lowest BCUT2D eigenvalue weighted by Crippen LogP contribution is -2.44. The van der Waals surface area contributed by atoms with E-state index in [1.165, 1.54) is 289 Å². The van der Waals surface area contributed by atoms with Crippen molar-refractivity contribution >= 4 is 17.9 Å². The second-order valence-corrected chi connectivity index (χ2v) is 28.7. The minimum Gasteiger partial charge on any atom is -0.545 e. The number of unbranched alkanes of at least 4 members (excludes halogenated alkanes) is 49. The summed E-state index contributed by atoms with van der Waals surface area (Å²) >= 11 is 0. The molecule has 0 saturated heterocycles. The Bertz CT molecular complexity index is 1780. The van der Waals surface area contributed by atoms with Gasteiger partial charge in [0.25, 0.3) is 0 Å². The van der Waals surface area contributed by atoms with Gasteiger partial charge in [-0.15, -0.1) is 0 Å². The summed E-state index contributed by atoms with van der Waals surface area (Å²) in [6.45, 7) is 4.71. The molecule has 0 fully saturated rings. The van der Waals surface area contributed by atoms with E-state index in [1.54, 1.807) is 0 Å². The quantitative estimate of drug-likeness (QED) is 0.0195. The van der Waals surface area contributed by atoms with E-state index < -0.39 is 24.3 Å². The number of carbonyl (C=O) groups excluding carboxylic acids is 3. The van der Waals surface area contributed by atoms with Gasteiger partial charge in [-0.05, 0) is 64.2 Å². The van der Waals surface area contributed by atoms with Crippen LogP contribution in [0, 0.1) is 0 Å². The number of carboxylic acids is 1. The van der Waals surface area contributed by atoms with Crippen molar-refractivity contribution in [2.45, 2.75) is 405 Å². The van der Waals surface area contributed by atoms with Crippen LogP contribution >= 0.6 is 0 Å². The largest absolute Gasteiger partial charge is 0.545 e. The Labute approximate surface area is 583 Å². The Kier molecular flexibility index (Phi) is 72.9. The van der Waals surface area contributed by atoms with E-state index in [0.29, 0.717) is 17.4 Å². The van der Waals surface area contributed by atoms with Crippen LogP contribution in [-0.2, 0) is 33.3 Å². The fraction of sp³-hybridized carbons (Fsp3) is 0.824. The fourth-order valence-electron chi connectivity index (χ4n) is 12.1. The number of hydrogen-bond donors (Lipinski definition) is 0. The molecule has 0 aliphatic carbocycles. The van der Waals surface area contributed by atoms with Gasteiger partial charge < -0.3 is 33.3 Å². The van der Waals surface area contributed by atoms with E-state index in [2.05, 4.69) is 86.8 Å². The first kappa shape index (κ1) is 90.7. The highest BCUT2D eigenvalue weighted by atomic mass is 16.7. The number of allylic oxidation sites excluding steroid dienone is 12. The van der Waals surface area contributed by atoms with Gasteiger partial charge >= 0.3 is 11.9 Å². The molecule has 0 aromatic carbocycles. The summed E-state index contributed by atoms with van der Waals surface area (Å²) in [5, 5.41) is 11.9. The molecular weight excluding hydrogens is 1160 g/mol. The average Bonchev–Trinajstić information content (AvgIpc) is 3.42. The monoisotopic (exact) mass is 1320 g/mol. The summed E-state index contributed by atoms with van der Waals surface area (Å²) in [5.74, 6) is -2.25. The molecule has 0 aliphatic rings. The molecule has 0 aromatic heterocycles. The van der Waals surface area contributed by atoms with Gasteiger partial charge in [0.1, 0.15) is 13.2 Å². The van der Waals surface area contributed by atoms with Gasteiger partial charge in [0.15, 0.2) is 12.4 Å². The Morgan fingerprint density at radius 3 is 0.904 bits per heavy atom. The SMILES string of the molecule is CC/C=C\C/C=C\C/C=C\C/C=C\C/C=C\C/C=C\CCCCCCCCCCCCCCCCCCCCCCCCC(=O)OC(COC(=O)CCCCCCCCCCCCCCCCCCCCCCCCCCCCCC)COC(OCC[N+](C)(C)C)C(=O)[O-]. The summed E-state index contributed by atoms with van der Waals surface area (Å²) in [6, 6.07) is 0. The first-order chi connectivity index (χ1) is 46.1. The fourth-order valence-corrected chi connectivity index (χ4v) is 12.1. The van der Waals surface area contributed by atoms with Gasteiger partial charge in [-0.2, -0.15) is 0 Å². The van der Waals surface area contributed by atoms with Crippen LogP contribution < -0.4 is 5.11 Å². The Morgan fingerprint density at radius 1 is 0.330 bits per heavy atom. The number of esters is 2. The van der Waals surface area contributed by atoms with Crippen LogP contribution in [0.1, 0.15) is 393 Å². The number of hydrogen-bond acceptors (Lipinski definition) is 8. The molecule has 0 saturated carbocycles. The first-order valence-corrected chi connectivity index (χ1v) is 40.6. The van der Waals surface area contributed by atoms with Crippen molar-refractivity contribution < 1.29 is 42.9 Å². The molecule has 2 unspecified atom stereocenters. The van der Waals surface area contributed by atoms with E-state index in [4.69, 9.17) is 18.9 Å². The lowest BCUT2D eigenvalue weighted by molar-refractivity contribution is -0.870. The Morgan fingerprint density at radius 2 is 0.606 bits per heavy atom. The number of quaternary nitrogens is 1. The molecule has 94 heavy (non-hydrogen) atoms. The van der Waals surface area contributed by atoms with Gasteiger partial charge in [-0.3, -0.25) is 9.59 Å². The lowest BCUT2D eigenvalue weighted by Gasteiger charge is -2.26. The van der Waals surface area contributed by atoms with Gasteiger partial charge in [0.05, 0.1) is 40.3 Å². The zero-order valence-corrected chi connectivity index (χ0v) is 62.8. The second kappa shape index (κ2) is 75.5. The number of aliphatic carboxylic acids is 1. The molecule has 0 rings (SSSR count). The normalized spacial score (nSPS) is 13.0. The number of ether oxygens (including phenoxy) is 4. The molecule has 0 N–H and O–H groups in total. The summed E-state index contributed by atoms with van der Waals surface area (Å²) in [4.78, 5) is 37.6. The molecular formula is C85H155NO8. The molecule has 0 aliphatic heterocycles. The highest BCUT2D eigenvalue weighted by Gasteiger charge is 2.22. The maximum absolute atomic E-state index is 13.0. The van der Waals surface area contributed by atoms with E-state index in [0.717, 1.165) is 77.0 Å². The standard InChI is InChI=1S/C85H155NO8/c1-6-8-10-12-14-16-18-20-22-24-26-28-30-32-34-36-37-38-39-40-41-42-43-44-45-46-47-48-50-52-54-56-58-60-62-64-66-68-70-72-74-76-83(88)94-81(80-93-85(84(89)90)91-78-77-86(3,4)5)79-92-82(87)75-73-71-69-67-65-63-61-59-57-55-53-51-49-35-33-31-29-27-25-23-21-19-17-15-13-11-9-7-2/h8,10,14,16,20,22,26,28,32,34,37-38,81,85H,6-7,9,11-13,15,17-19,21,23-25,27,29-31,33,35-36,39-80H2,1-5H3/b10-8-,16-14-,22-20-,28-26-,34-32-,38-37-. The van der Waals surface area contributed by atoms with Crippen molar-refractivity contribution in [2.75, 3.05) is 47.5 Å². The zero-order chi connectivity index (χ0) is 68.2. The first-order valence-electron chi connectivity index (χ1n) is 40.6. The van der Waals surface area contributed by atoms with Crippen molar-refractivity contribution in [2.24, 2.45) is 0 Å². The van der Waals surface area contributed by atoms with Crippen molar-refractivity contribution in [3.63, 3.8) is 0 Å². The van der Waals surface area contributed by atoms with Gasteiger partial charge in [-0.25, -0.2) is 0 Å². The van der Waals surface area contributed by atoms with Crippen LogP contribution in [0.25, 0.3) is 0 Å². The predicted octanol–water partition coefficient (Wildman–Crippen LogP) is 24.6. The maximum Gasteiger partial charge on any atom is 0.306 e. The minimum atomic E-state index is -1.62. The van der Waals surface area contributed by atoms with E-state index >= 15 is 0 Å². The summed E-state index contributed by atoms with van der Waals surface area (Å²) in [5.41, 5.74) is 0. The number of rotatable bonds is 76. The van der Waals surface area contributed by atoms with Crippen LogP contribution in [0.3, 0.4) is 0 Å². The summed E-state index contributed by atoms with van der Waals surface area (Å²) in [7, 11) is 5.95. The van der Waals surface area contributed by atoms with Crippen LogP contribution in [0.5, 0.6) is 0 Å². The number of carboxylic acid groups (broad SMARTS) is 1. The van der Waals surface area contributed by atoms with Crippen LogP contribution in [0.15, 0.2) is 72.9 Å². The van der Waals surface area contributed by atoms with Crippen LogP contribution in [0.4, 0.5) is 0 Å². The average molecular weight is 1320 g/mol. The third-order valence-corrected chi connectivity index (χ3v) is 18.2. The maximum atomic E-state index is 13.0. The third-order valence-electron chi connectivity index (χ3n) is 18.2. The molecule has 548 valence electrons. The molecule has 0 bridgehead atoms. The Balaban J connectivity index is 3.96. The molecule has 0 heterocycles. The molecule has 0 radical (unpaired) electrons. The topological polar surface area (TPSA) is 111 Å². The summed E-state index contributed by atoms with van der Waals surface area (Å²) in [6.07, 6.45) is 98.9. The smallest absolute Gasteiger partial charge is 0.306 e. The second-order valence-electron chi connectivity index (χ2n) is 28.7. The highest BCUT2D eigenvalue weighted by Crippen LogP contribution is 2.20. The van der Waals surface area contributed by atoms with Gasteiger partial charge in [0, 0.05) is 12.8 Å². The van der Waals surface area contributed by atoms with Crippen molar-refractivity contribution in [3.05, 3.63) is 72.9 Å². The van der Waals surface area contributed by atoms with E-state index in [9.17, 15) is 19.5 Å². The highest BCUT2D eigenvalue weighted by molar-refractivity contribution is 5.70. The van der Waals surface area contributed by atoms with Crippen molar-refractivity contribution in [1.82, 2.24) is 0 Å². The Hall–Kier alpha value is -3.27. The number of carbonyl (C=O) groups is 3. The van der Waals surface area contributed by atoms with Gasteiger partial charge in [-0.1, -0.05) is 389 Å². The molecule has 0 spiro atoms. The molecule has 0 aromatic rings. The molecule has 2 atom stereocenters. The van der Waals surface area contributed by atoms with Crippen LogP contribution in [-0.4, -0.2) is 82.3 Å². The third kappa shape index (κ3) is 76.1. The van der Waals surface area contributed by atoms with Crippen molar-refractivity contribution in [3.8, 4) is 0 Å². The summed E-state index contributed by atoms with van der Waals surface area (Å²) < 4.78 is 22.9. The molecule has 0 amide bonds. The zero-order valence-electron chi connectivity index (χ0n) is 62.8. The minimum absolute atomic E-state index is 0.150. The van der Waals surface area contributed by atoms with Crippen LogP contribution in [0.2, 0.25) is 0 Å². The molecule has 9 nitrogen and oxygen atoms in total. The van der Waals surface area contributed by atoms with E-state index in [1.807, 2.05) is 21.1 Å². The van der Waals surface area contributed by atoms with Gasteiger partial charge in [0.2, 0.25) is 0 Å². The van der Waals surface area contributed by atoms with E-state index in [-0.39, 0.29) is 32.2 Å². The predicted molar refractivity (Wildman–Crippen MR) is 403 cm³/mol. The molecule has 9 heteroatoms. The number of likely N-dealkylation sites (N-methyl/N-ethyl adjacent to an activating group) is 1. The number of nitrogens with zero attached hydrogens (tertiary/aromatic N) is 1. The lowest BCUT2D eigenvalue weighted by atomic mass is 10.0.